The fraction of sp³-hybridized carbons (Fsp3) is 0.300. The Morgan fingerprint density at radius 2 is 1.86 bits per heavy atom. The van der Waals surface area contributed by atoms with Crippen LogP contribution in [0.15, 0.2) is 52.5 Å². The summed E-state index contributed by atoms with van der Waals surface area (Å²) in [6.45, 7) is 4.70. The first-order chi connectivity index (χ1) is 12.5. The highest BCUT2D eigenvalue weighted by Crippen LogP contribution is 2.23. The van der Waals surface area contributed by atoms with Crippen LogP contribution in [0.4, 0.5) is 0 Å². The normalized spacial score (nSPS) is 11.4. The Bertz CT molecular complexity index is 849. The van der Waals surface area contributed by atoms with Gasteiger partial charge in [-0.05, 0) is 28.5 Å². The van der Waals surface area contributed by atoms with Crippen molar-refractivity contribution < 1.29 is 9.21 Å². The Balaban J connectivity index is 0.00000196. The number of nitrogens with zero attached hydrogens (tertiary/aromatic N) is 1. The molecule has 0 spiro atoms. The molecule has 0 aliphatic carbocycles. The number of nitrogens with two attached hydrogens (primary N) is 1. The Kier molecular flexibility index (Phi) is 9.69. The summed E-state index contributed by atoms with van der Waals surface area (Å²) in [7, 11) is 0. The third-order valence-corrected chi connectivity index (χ3v) is 5.03. The molecular weight excluding hydrogens is 417 g/mol. The molecule has 3 N–H and O–H groups in total. The van der Waals surface area contributed by atoms with E-state index in [1.54, 1.807) is 11.3 Å². The number of benzene rings is 1. The highest BCUT2D eigenvalue weighted by Gasteiger charge is 2.13. The number of aromatic nitrogens is 1. The molecule has 2 heterocycles. The SMILES string of the molecule is CC(C)c1ccc(C(N)CNC(=O)Cc2coc(-c3cccs3)n2)cc1.Cl.Cl. The van der Waals surface area contributed by atoms with Gasteiger partial charge in [0.1, 0.15) is 6.26 Å². The number of amides is 1. The summed E-state index contributed by atoms with van der Waals surface area (Å²) in [6.07, 6.45) is 1.70. The summed E-state index contributed by atoms with van der Waals surface area (Å²) < 4.78 is 5.43. The van der Waals surface area contributed by atoms with Crippen LogP contribution in [-0.4, -0.2) is 17.4 Å². The van der Waals surface area contributed by atoms with Crippen LogP contribution in [0.3, 0.4) is 0 Å². The van der Waals surface area contributed by atoms with Crippen LogP contribution in [-0.2, 0) is 11.2 Å². The molecule has 1 unspecified atom stereocenters. The minimum atomic E-state index is -0.237. The zero-order chi connectivity index (χ0) is 18.5. The molecule has 0 aliphatic rings. The van der Waals surface area contributed by atoms with E-state index < -0.39 is 0 Å². The van der Waals surface area contributed by atoms with E-state index in [9.17, 15) is 4.79 Å². The molecule has 3 rings (SSSR count). The molecule has 3 aromatic rings. The number of nitrogens with one attached hydrogen (secondary N) is 1. The molecule has 0 bridgehead atoms. The van der Waals surface area contributed by atoms with Crippen LogP contribution in [0, 0.1) is 0 Å². The molecule has 1 aromatic carbocycles. The van der Waals surface area contributed by atoms with E-state index in [-0.39, 0.29) is 43.2 Å². The van der Waals surface area contributed by atoms with Gasteiger partial charge in [0.15, 0.2) is 0 Å². The average Bonchev–Trinajstić information content (AvgIpc) is 3.31. The Morgan fingerprint density at radius 1 is 1.18 bits per heavy atom. The highest BCUT2D eigenvalue weighted by atomic mass is 35.5. The number of oxazole rings is 1. The highest BCUT2D eigenvalue weighted by molar-refractivity contribution is 7.13. The minimum Gasteiger partial charge on any atom is -0.444 e. The van der Waals surface area contributed by atoms with Crippen molar-refractivity contribution in [1.82, 2.24) is 10.3 Å². The van der Waals surface area contributed by atoms with Crippen LogP contribution in [0.5, 0.6) is 0 Å². The van der Waals surface area contributed by atoms with Gasteiger partial charge in [-0.3, -0.25) is 4.79 Å². The molecule has 1 amide bonds. The molecule has 0 saturated carbocycles. The fourth-order valence-electron chi connectivity index (χ4n) is 2.60. The number of thiophene rings is 1. The first kappa shape index (κ1) is 24.2. The predicted octanol–water partition coefficient (Wildman–Crippen LogP) is 4.73. The van der Waals surface area contributed by atoms with Crippen LogP contribution < -0.4 is 11.1 Å². The lowest BCUT2D eigenvalue weighted by Crippen LogP contribution is -2.32. The third-order valence-electron chi connectivity index (χ3n) is 4.18. The summed E-state index contributed by atoms with van der Waals surface area (Å²) in [5, 5.41) is 4.83. The molecule has 2 aromatic heterocycles. The van der Waals surface area contributed by atoms with Crippen LogP contribution >= 0.6 is 36.2 Å². The molecule has 0 saturated heterocycles. The monoisotopic (exact) mass is 441 g/mol. The average molecular weight is 442 g/mol. The van der Waals surface area contributed by atoms with Crippen molar-refractivity contribution in [3.05, 3.63) is 64.9 Å². The van der Waals surface area contributed by atoms with Gasteiger partial charge in [-0.15, -0.1) is 36.2 Å². The van der Waals surface area contributed by atoms with Crippen LogP contribution in [0.25, 0.3) is 10.8 Å². The molecule has 152 valence electrons. The Morgan fingerprint density at radius 3 is 2.46 bits per heavy atom. The van der Waals surface area contributed by atoms with E-state index in [4.69, 9.17) is 10.2 Å². The van der Waals surface area contributed by atoms with Crippen LogP contribution in [0.2, 0.25) is 0 Å². The maximum atomic E-state index is 12.1. The lowest BCUT2D eigenvalue weighted by Gasteiger charge is -2.14. The zero-order valence-corrected chi connectivity index (χ0v) is 18.2. The standard InChI is InChI=1S/C20H23N3O2S.2ClH/c1-13(2)14-5-7-15(8-6-14)17(21)11-22-19(24)10-16-12-25-20(23-16)18-4-3-9-26-18;;/h3-9,12-13,17H,10-11,21H2,1-2H3,(H,22,24);2*1H. The van der Waals surface area contributed by atoms with Gasteiger partial charge < -0.3 is 15.5 Å². The van der Waals surface area contributed by atoms with E-state index in [1.807, 2.05) is 29.6 Å². The second-order valence-corrected chi connectivity index (χ2v) is 7.48. The first-order valence-electron chi connectivity index (χ1n) is 8.63. The molecule has 28 heavy (non-hydrogen) atoms. The summed E-state index contributed by atoms with van der Waals surface area (Å²) in [6, 6.07) is 11.9. The molecular formula is C20H25Cl2N3O2S. The molecule has 0 aliphatic heterocycles. The molecule has 1 atom stereocenters. The quantitative estimate of drug-likeness (QED) is 0.555. The van der Waals surface area contributed by atoms with Crippen molar-refractivity contribution in [2.75, 3.05) is 6.54 Å². The summed E-state index contributed by atoms with van der Waals surface area (Å²) in [4.78, 5) is 17.4. The van der Waals surface area contributed by atoms with Gasteiger partial charge in [-0.25, -0.2) is 4.98 Å². The van der Waals surface area contributed by atoms with Crippen molar-refractivity contribution in [3.63, 3.8) is 0 Å². The van der Waals surface area contributed by atoms with Crippen molar-refractivity contribution in [1.29, 1.82) is 0 Å². The second-order valence-electron chi connectivity index (χ2n) is 6.53. The van der Waals surface area contributed by atoms with E-state index in [0.717, 1.165) is 10.4 Å². The number of hydrogen-bond acceptors (Lipinski definition) is 5. The largest absolute Gasteiger partial charge is 0.444 e. The topological polar surface area (TPSA) is 81.1 Å². The van der Waals surface area contributed by atoms with Gasteiger partial charge in [0.2, 0.25) is 11.8 Å². The summed E-state index contributed by atoms with van der Waals surface area (Å²) in [5.74, 6) is 0.913. The minimum absolute atomic E-state index is 0. The maximum absolute atomic E-state index is 12.1. The van der Waals surface area contributed by atoms with Gasteiger partial charge in [-0.1, -0.05) is 44.2 Å². The smallest absolute Gasteiger partial charge is 0.236 e. The number of rotatable bonds is 7. The first-order valence-corrected chi connectivity index (χ1v) is 9.51. The Labute approximate surface area is 181 Å². The number of carbonyl (C=O) groups is 1. The zero-order valence-electron chi connectivity index (χ0n) is 15.8. The number of halogens is 2. The van der Waals surface area contributed by atoms with Crippen molar-refractivity contribution in [2.45, 2.75) is 32.2 Å². The lowest BCUT2D eigenvalue weighted by atomic mass is 9.99. The molecule has 0 radical (unpaired) electrons. The fourth-order valence-corrected chi connectivity index (χ4v) is 3.25. The van der Waals surface area contributed by atoms with E-state index in [2.05, 4.69) is 36.3 Å². The predicted molar refractivity (Wildman–Crippen MR) is 118 cm³/mol. The van der Waals surface area contributed by atoms with E-state index in [0.29, 0.717) is 24.0 Å². The van der Waals surface area contributed by atoms with Crippen molar-refractivity contribution in [3.8, 4) is 10.8 Å². The van der Waals surface area contributed by atoms with Gasteiger partial charge in [0, 0.05) is 12.6 Å². The lowest BCUT2D eigenvalue weighted by molar-refractivity contribution is -0.120. The van der Waals surface area contributed by atoms with Gasteiger partial charge >= 0.3 is 0 Å². The molecule has 0 fully saturated rings. The van der Waals surface area contributed by atoms with Crippen molar-refractivity contribution in [2.24, 2.45) is 5.73 Å². The number of carbonyl (C=O) groups excluding carboxylic acids is 1. The third kappa shape index (κ3) is 6.34. The second kappa shape index (κ2) is 11.2. The van der Waals surface area contributed by atoms with E-state index in [1.165, 1.54) is 11.8 Å². The summed E-state index contributed by atoms with van der Waals surface area (Å²) in [5.41, 5.74) is 9.08. The van der Waals surface area contributed by atoms with E-state index >= 15 is 0 Å². The number of hydrogen-bond donors (Lipinski definition) is 2. The van der Waals surface area contributed by atoms with Gasteiger partial charge in [0.25, 0.3) is 0 Å². The van der Waals surface area contributed by atoms with Crippen molar-refractivity contribution >= 4 is 42.1 Å². The molecule has 5 nitrogen and oxygen atoms in total. The van der Waals surface area contributed by atoms with Gasteiger partial charge in [-0.2, -0.15) is 0 Å². The maximum Gasteiger partial charge on any atom is 0.236 e. The summed E-state index contributed by atoms with van der Waals surface area (Å²) >= 11 is 1.55. The Hall–Kier alpha value is -1.86. The van der Waals surface area contributed by atoms with Crippen LogP contribution in [0.1, 0.15) is 42.6 Å². The van der Waals surface area contributed by atoms with Gasteiger partial charge in [0.05, 0.1) is 17.0 Å². The molecule has 8 heteroatoms.